The van der Waals surface area contributed by atoms with Gasteiger partial charge in [0.15, 0.2) is 0 Å². The molecule has 1 aliphatic rings. The fourth-order valence-electron chi connectivity index (χ4n) is 2.88. The predicted molar refractivity (Wildman–Crippen MR) is 95.7 cm³/mol. The molecular weight excluding hydrogens is 322 g/mol. The number of amides is 3. The van der Waals surface area contributed by atoms with E-state index >= 15 is 0 Å². The van der Waals surface area contributed by atoms with Crippen molar-refractivity contribution in [1.82, 2.24) is 10.2 Å². The maximum atomic E-state index is 12.4. The molecule has 3 amide bonds. The zero-order valence-corrected chi connectivity index (χ0v) is 15.3. The molecular formula is C18H27N3O4. The lowest BCUT2D eigenvalue weighted by Crippen LogP contribution is -2.52. The van der Waals surface area contributed by atoms with Crippen molar-refractivity contribution in [3.63, 3.8) is 0 Å². The first kappa shape index (κ1) is 19.1. The number of benzene rings is 1. The molecule has 2 atom stereocenters. The molecule has 2 rings (SSSR count). The summed E-state index contributed by atoms with van der Waals surface area (Å²) in [4.78, 5) is 25.5. The first-order valence-electron chi connectivity index (χ1n) is 8.55. The second kappa shape index (κ2) is 8.71. The van der Waals surface area contributed by atoms with Crippen molar-refractivity contribution in [2.75, 3.05) is 25.5 Å². The molecule has 25 heavy (non-hydrogen) atoms. The molecule has 1 aromatic carbocycles. The van der Waals surface area contributed by atoms with Crippen LogP contribution in [0.1, 0.15) is 32.8 Å². The largest absolute Gasteiger partial charge is 0.495 e. The van der Waals surface area contributed by atoms with E-state index in [-0.39, 0.29) is 24.1 Å². The lowest BCUT2D eigenvalue weighted by Gasteiger charge is -2.36. The Bertz CT molecular complexity index is 620. The van der Waals surface area contributed by atoms with Gasteiger partial charge in [-0.3, -0.25) is 4.79 Å². The van der Waals surface area contributed by atoms with Crippen LogP contribution >= 0.6 is 0 Å². The summed E-state index contributed by atoms with van der Waals surface area (Å²) in [5.41, 5.74) is 1.47. The molecule has 2 N–H and O–H groups in total. The van der Waals surface area contributed by atoms with Crippen LogP contribution in [-0.2, 0) is 16.1 Å². The van der Waals surface area contributed by atoms with E-state index in [4.69, 9.17) is 9.47 Å². The van der Waals surface area contributed by atoms with Gasteiger partial charge in [-0.05, 0) is 31.0 Å². The van der Waals surface area contributed by atoms with Crippen molar-refractivity contribution < 1.29 is 19.1 Å². The monoisotopic (exact) mass is 349 g/mol. The number of urea groups is 1. The average Bonchev–Trinajstić information content (AvgIpc) is 2.58. The second-order valence-corrected chi connectivity index (χ2v) is 6.26. The molecule has 138 valence electrons. The van der Waals surface area contributed by atoms with E-state index in [1.54, 1.807) is 24.1 Å². The van der Waals surface area contributed by atoms with E-state index in [0.29, 0.717) is 31.1 Å². The minimum atomic E-state index is -0.174. The number of rotatable bonds is 5. The van der Waals surface area contributed by atoms with Gasteiger partial charge in [-0.15, -0.1) is 0 Å². The molecule has 0 spiro atoms. The predicted octanol–water partition coefficient (Wildman–Crippen LogP) is 2.36. The quantitative estimate of drug-likeness (QED) is 0.855. The number of nitrogens with one attached hydrogen (secondary N) is 2. The molecule has 1 aromatic rings. The first-order valence-corrected chi connectivity index (χ1v) is 8.55. The third-order valence-electron chi connectivity index (χ3n) is 4.09. The van der Waals surface area contributed by atoms with E-state index in [0.717, 1.165) is 12.0 Å². The van der Waals surface area contributed by atoms with Crippen molar-refractivity contribution in [3.05, 3.63) is 23.8 Å². The zero-order valence-electron chi connectivity index (χ0n) is 15.3. The second-order valence-electron chi connectivity index (χ2n) is 6.26. The molecule has 2 unspecified atom stereocenters. The van der Waals surface area contributed by atoms with Crippen molar-refractivity contribution in [3.8, 4) is 5.75 Å². The van der Waals surface area contributed by atoms with Crippen LogP contribution < -0.4 is 15.4 Å². The Morgan fingerprint density at radius 3 is 2.76 bits per heavy atom. The Balaban J connectivity index is 1.98. The van der Waals surface area contributed by atoms with Crippen LogP contribution in [0.2, 0.25) is 0 Å². The number of ether oxygens (including phenoxy) is 2. The number of hydrogen-bond donors (Lipinski definition) is 2. The highest BCUT2D eigenvalue weighted by Crippen LogP contribution is 2.25. The normalized spacial score (nSPS) is 20.1. The third-order valence-corrected chi connectivity index (χ3v) is 4.09. The van der Waals surface area contributed by atoms with Crippen molar-refractivity contribution in [2.24, 2.45) is 0 Å². The van der Waals surface area contributed by atoms with E-state index in [2.05, 4.69) is 17.6 Å². The number of nitrogens with zero attached hydrogens (tertiary/aromatic N) is 1. The van der Waals surface area contributed by atoms with Crippen LogP contribution in [-0.4, -0.2) is 49.2 Å². The summed E-state index contributed by atoms with van der Waals surface area (Å²) in [5.74, 6) is 0.408. The summed E-state index contributed by atoms with van der Waals surface area (Å²) in [6.45, 7) is 7.04. The molecule has 7 heteroatoms. The van der Waals surface area contributed by atoms with Crippen LogP contribution in [0.25, 0.3) is 0 Å². The number of carbonyl (C=O) groups is 2. The molecule has 1 fully saturated rings. The summed E-state index contributed by atoms with van der Waals surface area (Å²) < 4.78 is 11.0. The summed E-state index contributed by atoms with van der Waals surface area (Å²) in [7, 11) is 1.55. The minimum Gasteiger partial charge on any atom is -0.495 e. The van der Waals surface area contributed by atoms with Gasteiger partial charge in [-0.2, -0.15) is 0 Å². The number of morpholine rings is 1. The van der Waals surface area contributed by atoms with E-state index in [1.807, 2.05) is 13.0 Å². The molecule has 0 aliphatic carbocycles. The molecule has 1 aliphatic heterocycles. The Kier molecular flexibility index (Phi) is 6.64. The molecule has 1 saturated heterocycles. The number of hydrogen-bond acceptors (Lipinski definition) is 4. The van der Waals surface area contributed by atoms with Gasteiger partial charge >= 0.3 is 6.03 Å². The van der Waals surface area contributed by atoms with Crippen LogP contribution in [0.4, 0.5) is 10.5 Å². The van der Waals surface area contributed by atoms with Gasteiger partial charge in [0.2, 0.25) is 5.91 Å². The number of carbonyl (C=O) groups excluding carboxylic acids is 2. The first-order chi connectivity index (χ1) is 11.9. The molecule has 1 heterocycles. The van der Waals surface area contributed by atoms with Gasteiger partial charge in [0, 0.05) is 26.6 Å². The number of methoxy groups -OCH3 is 1. The van der Waals surface area contributed by atoms with Gasteiger partial charge in [0.25, 0.3) is 0 Å². The van der Waals surface area contributed by atoms with Crippen LogP contribution in [0.15, 0.2) is 18.2 Å². The standard InChI is InChI=1S/C18H27N3O4/c1-5-15-11-21(10-12(2)25-15)18(23)19-9-14-6-7-17(24-4)16(8-14)20-13(3)22/h6-8,12,15H,5,9-11H2,1-4H3,(H,19,23)(H,20,22). The number of anilines is 1. The molecule has 0 aromatic heterocycles. The minimum absolute atomic E-state index is 0.0387. The van der Waals surface area contributed by atoms with Crippen LogP contribution in [0.3, 0.4) is 0 Å². The van der Waals surface area contributed by atoms with Gasteiger partial charge < -0.3 is 25.0 Å². The summed E-state index contributed by atoms with van der Waals surface area (Å²) in [6, 6.07) is 5.33. The van der Waals surface area contributed by atoms with Crippen molar-refractivity contribution in [2.45, 2.75) is 45.9 Å². The maximum absolute atomic E-state index is 12.4. The highest BCUT2D eigenvalue weighted by atomic mass is 16.5. The lowest BCUT2D eigenvalue weighted by molar-refractivity contribution is -0.114. The Labute approximate surface area is 148 Å². The van der Waals surface area contributed by atoms with Crippen molar-refractivity contribution >= 4 is 17.6 Å². The molecule has 7 nitrogen and oxygen atoms in total. The van der Waals surface area contributed by atoms with Gasteiger partial charge in [-0.1, -0.05) is 13.0 Å². The summed E-state index contributed by atoms with van der Waals surface area (Å²) in [5, 5.41) is 5.66. The zero-order chi connectivity index (χ0) is 18.4. The SMILES string of the molecule is CCC1CN(C(=O)NCc2ccc(OC)c(NC(C)=O)c2)CC(C)O1. The third kappa shape index (κ3) is 5.35. The highest BCUT2D eigenvalue weighted by Gasteiger charge is 2.27. The molecule has 0 bridgehead atoms. The fourth-order valence-corrected chi connectivity index (χ4v) is 2.88. The smallest absolute Gasteiger partial charge is 0.317 e. The van der Waals surface area contributed by atoms with Crippen molar-refractivity contribution in [1.29, 1.82) is 0 Å². The summed E-state index contributed by atoms with van der Waals surface area (Å²) >= 11 is 0. The van der Waals surface area contributed by atoms with Crippen LogP contribution in [0, 0.1) is 0 Å². The average molecular weight is 349 g/mol. The lowest BCUT2D eigenvalue weighted by atomic mass is 10.1. The van der Waals surface area contributed by atoms with Gasteiger partial charge in [0.05, 0.1) is 25.0 Å². The van der Waals surface area contributed by atoms with E-state index in [9.17, 15) is 9.59 Å². The topological polar surface area (TPSA) is 79.9 Å². The van der Waals surface area contributed by atoms with E-state index < -0.39 is 0 Å². The maximum Gasteiger partial charge on any atom is 0.317 e. The Hall–Kier alpha value is -2.28. The van der Waals surface area contributed by atoms with E-state index in [1.165, 1.54) is 6.92 Å². The van der Waals surface area contributed by atoms with Gasteiger partial charge in [-0.25, -0.2) is 4.79 Å². The molecule has 0 saturated carbocycles. The van der Waals surface area contributed by atoms with Crippen LogP contribution in [0.5, 0.6) is 5.75 Å². The Morgan fingerprint density at radius 2 is 2.12 bits per heavy atom. The summed E-state index contributed by atoms with van der Waals surface area (Å²) in [6.07, 6.45) is 1.01. The molecule has 0 radical (unpaired) electrons. The van der Waals surface area contributed by atoms with Gasteiger partial charge in [0.1, 0.15) is 5.75 Å². The fraction of sp³-hybridized carbons (Fsp3) is 0.556. The highest BCUT2D eigenvalue weighted by molar-refractivity contribution is 5.90. The Morgan fingerprint density at radius 1 is 1.36 bits per heavy atom.